The number of benzene rings is 18. The average molecular weight is 1760 g/mol. The van der Waals surface area contributed by atoms with Crippen LogP contribution in [0.25, 0.3) is 89.0 Å². The second-order valence-corrected chi connectivity index (χ2v) is 43.8. The molecule has 18 rings (SSSR count). The van der Waals surface area contributed by atoms with Crippen LogP contribution in [0.5, 0.6) is 0 Å². The summed E-state index contributed by atoms with van der Waals surface area (Å²) in [5, 5.41) is 1.74. The van der Waals surface area contributed by atoms with Gasteiger partial charge in [0.25, 0.3) is 0 Å². The van der Waals surface area contributed by atoms with E-state index >= 15 is 0 Å². The van der Waals surface area contributed by atoms with Crippen LogP contribution in [0, 0.1) is 0 Å². The number of hydrogen-bond donors (Lipinski definition) is 0. The molecule has 602 valence electrons. The van der Waals surface area contributed by atoms with Gasteiger partial charge in [-0.2, -0.15) is 0 Å². The summed E-state index contributed by atoms with van der Waals surface area (Å²) in [7, 11) is 10.1. The lowest BCUT2D eigenvalue weighted by atomic mass is 9.95. The summed E-state index contributed by atoms with van der Waals surface area (Å²) in [6.45, 7) is 0.114. The van der Waals surface area contributed by atoms with Crippen LogP contribution < -0.4 is 14.7 Å². The fourth-order valence-electron chi connectivity index (χ4n) is 14.7. The molecule has 0 aromatic heterocycles. The molecule has 18 aromatic carbocycles. The molecule has 0 saturated carbocycles. The van der Waals surface area contributed by atoms with Crippen LogP contribution in [-0.2, 0) is 6.42 Å². The Morgan fingerprint density at radius 2 is 0.447 bits per heavy atom. The number of hydrogen-bond acceptors (Lipinski definition) is 4. The van der Waals surface area contributed by atoms with Gasteiger partial charge in [-0.3, -0.25) is 0 Å². The monoisotopic (exact) mass is 1760 g/mol. The summed E-state index contributed by atoms with van der Waals surface area (Å²) in [5.41, 5.74) is 30.8. The number of rotatable bonds is 21. The highest BCUT2D eigenvalue weighted by molar-refractivity contribution is 8.78. The predicted octanol–water partition coefficient (Wildman–Crippen LogP) is 36.5. The average Bonchev–Trinajstić information content (AvgIpc) is 0.771. The van der Waals surface area contributed by atoms with Gasteiger partial charge in [-0.25, -0.2) is 4.52 Å². The highest BCUT2D eigenvalue weighted by atomic mass is 35.5. The van der Waals surface area contributed by atoms with Crippen molar-refractivity contribution in [2.45, 2.75) is 13.8 Å². The maximum absolute atomic E-state index is 7.59. The molecule has 0 radical (unpaired) electrons. The first-order chi connectivity index (χ1) is 60.1. The van der Waals surface area contributed by atoms with Crippen molar-refractivity contribution in [1.29, 1.82) is 0 Å². The van der Waals surface area contributed by atoms with Crippen molar-refractivity contribution in [3.05, 3.63) is 499 Å². The Morgan fingerprint density at radius 3 is 0.715 bits per heavy atom. The van der Waals surface area contributed by atoms with Crippen molar-refractivity contribution in [3.8, 4) is 89.0 Å². The molecule has 0 heterocycles. The Balaban J connectivity index is 0.000000159. The maximum atomic E-state index is 7.59. The van der Waals surface area contributed by atoms with E-state index in [2.05, 4.69) is 423 Å². The lowest BCUT2D eigenvalue weighted by molar-refractivity contribution is 1.19. The van der Waals surface area contributed by atoms with Gasteiger partial charge in [-0.1, -0.05) is 411 Å². The normalized spacial score (nSPS) is 11.0. The van der Waals surface area contributed by atoms with Gasteiger partial charge < -0.3 is 14.7 Å². The van der Waals surface area contributed by atoms with Crippen LogP contribution in [0.2, 0.25) is 15.1 Å². The van der Waals surface area contributed by atoms with Crippen LogP contribution >= 0.6 is 85.1 Å². The van der Waals surface area contributed by atoms with E-state index in [4.69, 9.17) is 34.8 Å². The van der Waals surface area contributed by atoms with Gasteiger partial charge in [-0.15, -0.1) is 8.93 Å². The lowest BCUT2D eigenvalue weighted by Gasteiger charge is -2.31. The topological polar surface area (TPSA) is 22.1 Å². The lowest BCUT2D eigenvalue weighted by Crippen LogP contribution is -2.14. The Kier molecular flexibility index (Phi) is 31.8. The maximum Gasteiger partial charge on any atom is 0.0887 e. The largest absolute Gasteiger partial charge is 0.309 e. The molecule has 0 amide bonds. The minimum atomic E-state index is 0. The van der Waals surface area contributed by atoms with Gasteiger partial charge in [0, 0.05) is 49.2 Å². The van der Waals surface area contributed by atoms with Gasteiger partial charge >= 0.3 is 0 Å². The predicted molar refractivity (Wildman–Crippen MR) is 552 cm³/mol. The molecule has 18 aromatic rings. The van der Waals surface area contributed by atoms with Crippen LogP contribution in [0.1, 0.15) is 18.6 Å². The number of nitrogens with zero attached hydrogens (tertiary/aromatic N) is 4. The second kappa shape index (κ2) is 44.5. The molecule has 0 aliphatic carbocycles. The summed E-state index contributed by atoms with van der Waals surface area (Å²) >= 11 is 20.2. The molecule has 0 N–H and O–H groups in total. The van der Waals surface area contributed by atoms with Crippen molar-refractivity contribution >= 4 is 136 Å². The minimum absolute atomic E-state index is 0. The summed E-state index contributed by atoms with van der Waals surface area (Å²) < 4.78 is 3.90. The third-order valence-electron chi connectivity index (χ3n) is 20.7. The molecule has 0 saturated heterocycles. The minimum Gasteiger partial charge on any atom is -0.309 e. The van der Waals surface area contributed by atoms with Gasteiger partial charge in [0.15, 0.2) is 0 Å². The van der Waals surface area contributed by atoms with Gasteiger partial charge in [0.2, 0.25) is 0 Å². The van der Waals surface area contributed by atoms with Crippen molar-refractivity contribution in [2.24, 2.45) is 4.52 Å². The molecule has 5 atom stereocenters. The van der Waals surface area contributed by atoms with E-state index < -0.39 is 0 Å². The number of anilines is 9. The van der Waals surface area contributed by atoms with E-state index in [0.717, 1.165) is 82.3 Å². The van der Waals surface area contributed by atoms with Crippen LogP contribution in [0.15, 0.2) is 478 Å². The van der Waals surface area contributed by atoms with Crippen LogP contribution in [0.3, 0.4) is 0 Å². The quantitative estimate of drug-likeness (QED) is 0.0670. The van der Waals surface area contributed by atoms with Crippen LogP contribution in [0.4, 0.5) is 51.2 Å². The van der Waals surface area contributed by atoms with Gasteiger partial charge in [0.1, 0.15) is 0 Å². The smallest absolute Gasteiger partial charge is 0.0887 e. The van der Waals surface area contributed by atoms with Crippen molar-refractivity contribution in [2.75, 3.05) is 14.7 Å². The standard InChI is InChI=1S/C54H39ClN2.C37H28.C18H13Cl2N.CH4.H7NP6/c55-54-52(56(48-24-9-3-10-25-48)49-26-11-4-12-27-49)28-15-29-53(54)57(50-34-30-42(31-35-50)40-16-5-1-6-17-40)51-36-32-43(33-37-51)45-21-14-23-47(39-45)46-22-13-20-44(38-46)41-18-7-2-8-19-41;1-3-9-30(10-4-1)32-21-17-28(18-22-32)25-29-19-23-33(24-20-29)35-14-8-16-37(27-35)36-15-7-13-34(26-36)31-11-5-2-6-12-31;19-16-12-7-13-17(18(16)20)21(14-8-3-1-4-9-14)15-10-5-2-6-11-15;;2-1-5-7(4)6-3/h1-39H;1-24,26-27H,25H2;1-13H;1H4;6H,2-4H2. The molecule has 0 bridgehead atoms. The van der Waals surface area contributed by atoms with Crippen LogP contribution in [-0.4, -0.2) is 0 Å². The van der Waals surface area contributed by atoms with E-state index in [0.29, 0.717) is 15.1 Å². The van der Waals surface area contributed by atoms with E-state index in [1.807, 2.05) is 91.0 Å². The molecule has 0 spiro atoms. The van der Waals surface area contributed by atoms with E-state index in [-0.39, 0.29) is 14.4 Å². The molecule has 123 heavy (non-hydrogen) atoms. The molecular weight excluding hydrogens is 1670 g/mol. The van der Waals surface area contributed by atoms with E-state index in [1.54, 1.807) is 6.07 Å². The number of para-hydroxylation sites is 4. The Morgan fingerprint density at radius 1 is 0.244 bits per heavy atom. The fraction of sp³-hybridized carbons (Fsp3) is 0.0182. The summed E-state index contributed by atoms with van der Waals surface area (Å²) in [6.07, 6.45) is 0.932. The Bertz CT molecular complexity index is 6300. The summed E-state index contributed by atoms with van der Waals surface area (Å²) in [4.78, 5) is 6.56. The van der Waals surface area contributed by atoms with Crippen molar-refractivity contribution in [3.63, 3.8) is 0 Å². The second-order valence-electron chi connectivity index (χ2n) is 28.7. The Hall–Kier alpha value is -11.5. The first kappa shape index (κ1) is 87.8. The third-order valence-corrected chi connectivity index (χ3v) is 36.4. The first-order valence-corrected chi connectivity index (χ1v) is 49.9. The molecule has 5 unspecified atom stereocenters. The molecule has 0 fully saturated rings. The van der Waals surface area contributed by atoms with E-state index in [1.165, 1.54) is 91.5 Å². The fourth-order valence-corrected chi connectivity index (χ4v) is 21.9. The van der Waals surface area contributed by atoms with Gasteiger partial charge in [0.05, 0.1) is 32.1 Å². The summed E-state index contributed by atoms with van der Waals surface area (Å²) in [5.74, 6) is 0. The van der Waals surface area contributed by atoms with Crippen molar-refractivity contribution < 1.29 is 0 Å². The summed E-state index contributed by atoms with van der Waals surface area (Å²) in [6, 6.07) is 166. The zero-order chi connectivity index (χ0) is 83.6. The highest BCUT2D eigenvalue weighted by Crippen LogP contribution is 2.75. The van der Waals surface area contributed by atoms with Gasteiger partial charge in [-0.05, 0) is 237 Å². The molecule has 0 aliphatic rings. The van der Waals surface area contributed by atoms with E-state index in [9.17, 15) is 0 Å². The Labute approximate surface area is 751 Å². The number of halogens is 3. The zero-order valence-electron chi connectivity index (χ0n) is 66.8. The third kappa shape index (κ3) is 23.1. The van der Waals surface area contributed by atoms with Crippen molar-refractivity contribution in [1.82, 2.24) is 0 Å². The molecule has 0 aliphatic heterocycles. The zero-order valence-corrected chi connectivity index (χ0v) is 75.3. The molecular formula is C110H91Cl3N4P6. The first-order valence-electron chi connectivity index (χ1n) is 40.1. The SMILES string of the molecule is C.Clc1c(N(c2ccccc2)c2ccccc2)cccc1N(c1ccc(-c2ccccc2)cc1)c1ccc(-c2cccc(-c3cccc(-c4ccccc4)c3)c2)cc1.Clc1cccc(N(c2ccccc2)c2ccccc2)c1Cl.PN=PP(P)PP.c1ccc(-c2ccc(Cc3ccc(-c4cccc(-c5cccc(-c6ccccc6)c5)c4)cc3)cc2)cc1. The molecule has 13 heteroatoms. The highest BCUT2D eigenvalue weighted by Gasteiger charge is 2.24. The molecule has 4 nitrogen and oxygen atoms in total.